The van der Waals surface area contributed by atoms with Crippen LogP contribution in [0.25, 0.3) is 0 Å². The van der Waals surface area contributed by atoms with E-state index in [9.17, 15) is 0 Å². The lowest BCUT2D eigenvalue weighted by atomic mass is 10.3. The van der Waals surface area contributed by atoms with Gasteiger partial charge in [0.15, 0.2) is 0 Å². The maximum Gasteiger partial charge on any atom is 0.131 e. The van der Waals surface area contributed by atoms with Crippen LogP contribution in [0.4, 0.5) is 11.4 Å². The summed E-state index contributed by atoms with van der Waals surface area (Å²) in [6.45, 7) is 6.81. The van der Waals surface area contributed by atoms with E-state index in [1.807, 2.05) is 0 Å². The van der Waals surface area contributed by atoms with E-state index in [2.05, 4.69) is 83.6 Å². The maximum atomic E-state index is 2.62. The molecule has 0 spiro atoms. The summed E-state index contributed by atoms with van der Waals surface area (Å²) in [5.41, 5.74) is 2.80. The molecule has 0 fully saturated rings. The monoisotopic (exact) mass is 300 g/mol. The van der Waals surface area contributed by atoms with Gasteiger partial charge in [-0.2, -0.15) is 0 Å². The van der Waals surface area contributed by atoms with Gasteiger partial charge in [0.05, 0.1) is 0 Å². The average Bonchev–Trinajstić information content (AvgIpc) is 2.53. The third-order valence-corrected chi connectivity index (χ3v) is 10.4. The quantitative estimate of drug-likeness (QED) is 0.723. The van der Waals surface area contributed by atoms with Crippen molar-refractivity contribution < 1.29 is 0 Å². The normalized spacial score (nSPS) is 11.5. The van der Waals surface area contributed by atoms with Crippen LogP contribution >= 0.6 is 0 Å². The summed E-state index contributed by atoms with van der Waals surface area (Å²) in [5.74, 6) is 0. The largest absolute Gasteiger partial charge is 0.404 e. The van der Waals surface area contributed by atoms with Gasteiger partial charge < -0.3 is 9.13 Å². The van der Waals surface area contributed by atoms with Crippen molar-refractivity contribution in [2.75, 3.05) is 22.2 Å². The first kappa shape index (κ1) is 14.9. The van der Waals surface area contributed by atoms with Crippen molar-refractivity contribution in [3.8, 4) is 0 Å². The van der Waals surface area contributed by atoms with Crippen molar-refractivity contribution in [1.82, 2.24) is 0 Å². The van der Waals surface area contributed by atoms with Crippen LogP contribution in [0.15, 0.2) is 60.7 Å². The molecule has 0 aliphatic heterocycles. The highest BCUT2D eigenvalue weighted by atomic mass is 29.2. The van der Waals surface area contributed by atoms with Crippen molar-refractivity contribution in [2.24, 2.45) is 0 Å². The Morgan fingerprint density at radius 2 is 1.00 bits per heavy atom. The van der Waals surface area contributed by atoms with Crippen molar-refractivity contribution in [3.05, 3.63) is 60.7 Å². The molecule has 20 heavy (non-hydrogen) atoms. The van der Waals surface area contributed by atoms with Crippen molar-refractivity contribution in [2.45, 2.75) is 13.8 Å². The Hall–Kier alpha value is -1.53. The van der Waals surface area contributed by atoms with E-state index in [0.717, 1.165) is 13.1 Å². The molecule has 106 valence electrons. The van der Waals surface area contributed by atoms with Crippen LogP contribution in [0.3, 0.4) is 0 Å². The van der Waals surface area contributed by atoms with Crippen LogP contribution in [0, 0.1) is 0 Å². The zero-order chi connectivity index (χ0) is 14.2. The molecule has 0 radical (unpaired) electrons. The highest BCUT2D eigenvalue weighted by Crippen LogP contribution is 2.14. The molecule has 0 atom stereocenters. The molecule has 0 unspecified atom stereocenters. The fourth-order valence-corrected chi connectivity index (χ4v) is 9.41. The fourth-order valence-electron chi connectivity index (χ4n) is 2.46. The van der Waals surface area contributed by atoms with Gasteiger partial charge in [0.1, 0.15) is 18.4 Å². The summed E-state index contributed by atoms with van der Waals surface area (Å²) in [7, 11) is -0.354. The molecule has 0 amide bonds. The number of rotatable bonds is 7. The number of benzene rings is 2. The second kappa shape index (κ2) is 7.92. The molecule has 0 bridgehead atoms. The van der Waals surface area contributed by atoms with Crippen LogP contribution in [0.1, 0.15) is 13.8 Å². The molecule has 0 aliphatic rings. The molecule has 2 nitrogen and oxygen atoms in total. The van der Waals surface area contributed by atoms with Crippen LogP contribution in [-0.4, -0.2) is 31.5 Å². The third-order valence-electron chi connectivity index (χ3n) is 3.65. The summed E-state index contributed by atoms with van der Waals surface area (Å²) in [6.07, 6.45) is 0. The van der Waals surface area contributed by atoms with Crippen molar-refractivity contribution in [3.63, 3.8) is 0 Å². The summed E-state index contributed by atoms with van der Waals surface area (Å²) in [5, 5.41) is 0. The summed E-state index contributed by atoms with van der Waals surface area (Å²) >= 11 is 0. The first-order chi connectivity index (χ1) is 9.85. The highest BCUT2D eigenvalue weighted by Gasteiger charge is 2.09. The molecule has 0 saturated heterocycles. The molecule has 0 N–H and O–H groups in total. The van der Waals surface area contributed by atoms with E-state index in [4.69, 9.17) is 0 Å². The molecular weight excluding hydrogens is 276 g/mol. The minimum absolute atomic E-state index is 0.177. The van der Waals surface area contributed by atoms with Gasteiger partial charge in [-0.3, -0.25) is 0 Å². The summed E-state index contributed by atoms with van der Waals surface area (Å²) in [4.78, 5) is 0. The zero-order valence-corrected chi connectivity index (χ0v) is 15.3. The Labute approximate surface area is 127 Å². The maximum absolute atomic E-state index is 2.62. The number of para-hydroxylation sites is 2. The first-order valence-corrected chi connectivity index (χ1v) is 12.7. The van der Waals surface area contributed by atoms with E-state index in [0.29, 0.717) is 0 Å². The average molecular weight is 301 g/mol. The lowest BCUT2D eigenvalue weighted by molar-refractivity contribution is 1.08. The van der Waals surface area contributed by atoms with E-state index in [1.54, 1.807) is 0 Å². The first-order valence-electron chi connectivity index (χ1n) is 7.45. The predicted molar refractivity (Wildman–Crippen MR) is 96.0 cm³/mol. The molecule has 0 heterocycles. The standard InChI is InChI=1S/C16H24N2Si2/c1-3-17(15-11-7-5-8-12-15)19-20-18(4-2)16-13-9-6-10-14-16/h5-14H,3-4,19-20H2,1-2H3. The van der Waals surface area contributed by atoms with Gasteiger partial charge in [-0.25, -0.2) is 0 Å². The van der Waals surface area contributed by atoms with Crippen LogP contribution in [0.2, 0.25) is 0 Å². The van der Waals surface area contributed by atoms with Gasteiger partial charge in [0, 0.05) is 24.5 Å². The van der Waals surface area contributed by atoms with Gasteiger partial charge in [0.2, 0.25) is 0 Å². The minimum atomic E-state index is -0.177. The summed E-state index contributed by atoms with van der Waals surface area (Å²) in [6, 6.07) is 21.7. The number of anilines is 2. The fraction of sp³-hybridized carbons (Fsp3) is 0.250. The lowest BCUT2D eigenvalue weighted by Gasteiger charge is -2.28. The lowest BCUT2D eigenvalue weighted by Crippen LogP contribution is -2.41. The summed E-state index contributed by atoms with van der Waals surface area (Å²) < 4.78 is 5.25. The van der Waals surface area contributed by atoms with Gasteiger partial charge in [-0.1, -0.05) is 36.4 Å². The van der Waals surface area contributed by atoms with Gasteiger partial charge in [-0.15, -0.1) is 0 Å². The van der Waals surface area contributed by atoms with E-state index >= 15 is 0 Å². The molecule has 0 saturated carbocycles. The molecule has 2 rings (SSSR count). The molecule has 2 aromatic rings. The number of hydrogen-bond acceptors (Lipinski definition) is 2. The Morgan fingerprint density at radius 1 is 0.650 bits per heavy atom. The van der Waals surface area contributed by atoms with Gasteiger partial charge >= 0.3 is 0 Å². The van der Waals surface area contributed by atoms with Crippen LogP contribution in [-0.2, 0) is 0 Å². The Morgan fingerprint density at radius 3 is 1.30 bits per heavy atom. The highest BCUT2D eigenvalue weighted by molar-refractivity contribution is 7.04. The Bertz CT molecular complexity index is 443. The van der Waals surface area contributed by atoms with Crippen molar-refractivity contribution >= 4 is 29.8 Å². The van der Waals surface area contributed by atoms with Crippen molar-refractivity contribution in [1.29, 1.82) is 0 Å². The molecule has 2 aromatic carbocycles. The number of hydrogen-bond donors (Lipinski definition) is 0. The van der Waals surface area contributed by atoms with Crippen LogP contribution < -0.4 is 9.13 Å². The van der Waals surface area contributed by atoms with E-state index < -0.39 is 0 Å². The number of nitrogens with zero attached hydrogens (tertiary/aromatic N) is 2. The van der Waals surface area contributed by atoms with Gasteiger partial charge in [0.25, 0.3) is 0 Å². The molecule has 0 aromatic heterocycles. The Balaban J connectivity index is 1.99. The molecular formula is C16H24N2Si2. The minimum Gasteiger partial charge on any atom is -0.404 e. The smallest absolute Gasteiger partial charge is 0.131 e. The van der Waals surface area contributed by atoms with E-state index in [-0.39, 0.29) is 18.4 Å². The van der Waals surface area contributed by atoms with E-state index in [1.165, 1.54) is 11.4 Å². The topological polar surface area (TPSA) is 6.48 Å². The Kier molecular flexibility index (Phi) is 5.89. The zero-order valence-electron chi connectivity index (χ0n) is 12.5. The molecule has 0 aliphatic carbocycles. The predicted octanol–water partition coefficient (Wildman–Crippen LogP) is 2.12. The second-order valence-electron chi connectivity index (χ2n) is 4.83. The SMILES string of the molecule is CCN([SiH2][SiH2]N(CC)c1ccccc1)c1ccccc1. The van der Waals surface area contributed by atoms with Gasteiger partial charge in [-0.05, 0) is 38.1 Å². The molecule has 4 heteroatoms. The third kappa shape index (κ3) is 3.98. The second-order valence-corrected chi connectivity index (χ2v) is 9.94. The van der Waals surface area contributed by atoms with Crippen LogP contribution in [0.5, 0.6) is 0 Å².